The van der Waals surface area contributed by atoms with E-state index in [0.29, 0.717) is 11.8 Å². The Hall–Kier alpha value is -0.700. The molecule has 0 amide bonds. The molecule has 0 bridgehead atoms. The highest BCUT2D eigenvalue weighted by Gasteiger charge is 1.97. The molecule has 0 radical (unpaired) electrons. The summed E-state index contributed by atoms with van der Waals surface area (Å²) < 4.78 is 0. The Kier molecular flexibility index (Phi) is 8.96. The van der Waals surface area contributed by atoms with Crippen LogP contribution in [0.3, 0.4) is 0 Å². The quantitative estimate of drug-likeness (QED) is 0.513. The summed E-state index contributed by atoms with van der Waals surface area (Å²) in [4.78, 5) is 9.01. The number of nitrogens with zero attached hydrogens (tertiary/aromatic N) is 2. The van der Waals surface area contributed by atoms with Crippen molar-refractivity contribution in [2.24, 2.45) is 21.8 Å². The highest BCUT2D eigenvalue weighted by Crippen LogP contribution is 1.96. The summed E-state index contributed by atoms with van der Waals surface area (Å²) in [6, 6.07) is 0. The second kappa shape index (κ2) is 9.34. The average Bonchev–Trinajstić information content (AvgIpc) is 2.26. The standard InChI is InChI=1S/C14H29N3/c1-11(2)13(5)16-9-7-15-8-10-17-14(6)12(3)4/h11-12,15H,7-10H2,1-6H3/b16-13+,17-14+. The zero-order chi connectivity index (χ0) is 13.3. The molecule has 0 unspecified atom stereocenters. The van der Waals surface area contributed by atoms with Crippen molar-refractivity contribution in [3.05, 3.63) is 0 Å². The van der Waals surface area contributed by atoms with Crippen LogP contribution in [0.1, 0.15) is 41.5 Å². The number of aliphatic imine (C=N–C) groups is 2. The molecule has 0 heterocycles. The van der Waals surface area contributed by atoms with Crippen LogP contribution in [-0.2, 0) is 0 Å². The smallest absolute Gasteiger partial charge is 0.0513 e. The largest absolute Gasteiger partial charge is 0.313 e. The first-order valence-corrected chi connectivity index (χ1v) is 6.67. The van der Waals surface area contributed by atoms with E-state index in [2.05, 4.69) is 56.8 Å². The Labute approximate surface area is 107 Å². The van der Waals surface area contributed by atoms with Crippen molar-refractivity contribution >= 4 is 11.4 Å². The van der Waals surface area contributed by atoms with E-state index in [1.54, 1.807) is 0 Å². The molecule has 0 aliphatic heterocycles. The normalized spacial score (nSPS) is 13.9. The first kappa shape index (κ1) is 16.3. The van der Waals surface area contributed by atoms with Gasteiger partial charge in [-0.1, -0.05) is 27.7 Å². The monoisotopic (exact) mass is 239 g/mol. The highest BCUT2D eigenvalue weighted by molar-refractivity contribution is 5.84. The van der Waals surface area contributed by atoms with Crippen molar-refractivity contribution in [3.8, 4) is 0 Å². The van der Waals surface area contributed by atoms with Crippen LogP contribution in [0, 0.1) is 11.8 Å². The fraction of sp³-hybridized carbons (Fsp3) is 0.857. The summed E-state index contributed by atoms with van der Waals surface area (Å²) in [6.07, 6.45) is 0. The third-order valence-electron chi connectivity index (χ3n) is 2.97. The van der Waals surface area contributed by atoms with Crippen LogP contribution in [0.15, 0.2) is 9.98 Å². The van der Waals surface area contributed by atoms with Crippen LogP contribution in [-0.4, -0.2) is 37.6 Å². The second-order valence-corrected chi connectivity index (χ2v) is 5.11. The average molecular weight is 239 g/mol. The molecule has 0 aromatic carbocycles. The summed E-state index contributed by atoms with van der Waals surface area (Å²) in [7, 11) is 0. The Morgan fingerprint density at radius 2 is 1.18 bits per heavy atom. The molecule has 0 fully saturated rings. The molecule has 0 aromatic rings. The second-order valence-electron chi connectivity index (χ2n) is 5.11. The highest BCUT2D eigenvalue weighted by atomic mass is 14.9. The van der Waals surface area contributed by atoms with Gasteiger partial charge in [-0.05, 0) is 25.7 Å². The first-order valence-electron chi connectivity index (χ1n) is 6.67. The van der Waals surface area contributed by atoms with Crippen molar-refractivity contribution in [3.63, 3.8) is 0 Å². The van der Waals surface area contributed by atoms with E-state index in [1.807, 2.05) is 0 Å². The van der Waals surface area contributed by atoms with Gasteiger partial charge in [-0.3, -0.25) is 9.98 Å². The Morgan fingerprint density at radius 3 is 1.47 bits per heavy atom. The van der Waals surface area contributed by atoms with Gasteiger partial charge in [-0.2, -0.15) is 0 Å². The van der Waals surface area contributed by atoms with Gasteiger partial charge in [0.25, 0.3) is 0 Å². The van der Waals surface area contributed by atoms with E-state index in [-0.39, 0.29) is 0 Å². The van der Waals surface area contributed by atoms with E-state index in [9.17, 15) is 0 Å². The molecule has 0 aliphatic rings. The van der Waals surface area contributed by atoms with Crippen LogP contribution in [0.25, 0.3) is 0 Å². The van der Waals surface area contributed by atoms with Gasteiger partial charge in [0.1, 0.15) is 0 Å². The van der Waals surface area contributed by atoms with Crippen molar-refractivity contribution in [1.29, 1.82) is 0 Å². The number of hydrogen-bond acceptors (Lipinski definition) is 3. The lowest BCUT2D eigenvalue weighted by atomic mass is 10.1. The van der Waals surface area contributed by atoms with Crippen LogP contribution < -0.4 is 5.32 Å². The molecular weight excluding hydrogens is 210 g/mol. The molecule has 0 aromatic heterocycles. The predicted octanol–water partition coefficient (Wildman–Crippen LogP) is 2.81. The third kappa shape index (κ3) is 9.04. The third-order valence-corrected chi connectivity index (χ3v) is 2.97. The predicted molar refractivity (Wildman–Crippen MR) is 78.5 cm³/mol. The lowest BCUT2D eigenvalue weighted by Crippen LogP contribution is -2.22. The zero-order valence-electron chi connectivity index (χ0n) is 12.4. The van der Waals surface area contributed by atoms with Crippen molar-refractivity contribution in [2.75, 3.05) is 26.2 Å². The van der Waals surface area contributed by atoms with Gasteiger partial charge in [-0.15, -0.1) is 0 Å². The summed E-state index contributed by atoms with van der Waals surface area (Å²) in [6.45, 7) is 16.5. The summed E-state index contributed by atoms with van der Waals surface area (Å²) in [5.74, 6) is 1.13. The summed E-state index contributed by atoms with van der Waals surface area (Å²) >= 11 is 0. The molecule has 0 rings (SSSR count). The van der Waals surface area contributed by atoms with Crippen molar-refractivity contribution in [1.82, 2.24) is 5.32 Å². The fourth-order valence-electron chi connectivity index (χ4n) is 1.11. The molecule has 3 nitrogen and oxygen atoms in total. The van der Waals surface area contributed by atoms with Gasteiger partial charge < -0.3 is 5.32 Å². The molecule has 3 heteroatoms. The Morgan fingerprint density at radius 1 is 0.824 bits per heavy atom. The van der Waals surface area contributed by atoms with E-state index in [0.717, 1.165) is 26.2 Å². The molecule has 0 spiro atoms. The SMILES string of the molecule is C/C(=N\CCNCC/N=C(\C)C(C)C)C(C)C. The summed E-state index contributed by atoms with van der Waals surface area (Å²) in [5, 5.41) is 3.36. The van der Waals surface area contributed by atoms with Gasteiger partial charge in [0.05, 0.1) is 13.1 Å². The molecule has 0 saturated heterocycles. The van der Waals surface area contributed by atoms with Crippen molar-refractivity contribution in [2.45, 2.75) is 41.5 Å². The van der Waals surface area contributed by atoms with Crippen molar-refractivity contribution < 1.29 is 0 Å². The maximum atomic E-state index is 4.50. The molecule has 1 N–H and O–H groups in total. The lowest BCUT2D eigenvalue weighted by molar-refractivity contribution is 0.691. The number of nitrogens with one attached hydrogen (secondary N) is 1. The van der Waals surface area contributed by atoms with Crippen LogP contribution in [0.4, 0.5) is 0 Å². The first-order chi connectivity index (χ1) is 7.95. The maximum absolute atomic E-state index is 4.50. The molecule has 0 aliphatic carbocycles. The molecule has 17 heavy (non-hydrogen) atoms. The lowest BCUT2D eigenvalue weighted by Gasteiger charge is -2.06. The van der Waals surface area contributed by atoms with Gasteiger partial charge in [0.15, 0.2) is 0 Å². The molecule has 0 saturated carbocycles. The Balaban J connectivity index is 3.54. The minimum absolute atomic E-state index is 0.563. The summed E-state index contributed by atoms with van der Waals surface area (Å²) in [5.41, 5.74) is 2.47. The zero-order valence-corrected chi connectivity index (χ0v) is 12.4. The fourth-order valence-corrected chi connectivity index (χ4v) is 1.11. The number of hydrogen-bond donors (Lipinski definition) is 1. The van der Waals surface area contributed by atoms with E-state index < -0.39 is 0 Å². The van der Waals surface area contributed by atoms with E-state index in [4.69, 9.17) is 0 Å². The topological polar surface area (TPSA) is 36.8 Å². The minimum atomic E-state index is 0.563. The minimum Gasteiger partial charge on any atom is -0.313 e. The van der Waals surface area contributed by atoms with Gasteiger partial charge >= 0.3 is 0 Å². The molecular formula is C14H29N3. The van der Waals surface area contributed by atoms with Crippen LogP contribution in [0.2, 0.25) is 0 Å². The van der Waals surface area contributed by atoms with Crippen LogP contribution in [0.5, 0.6) is 0 Å². The van der Waals surface area contributed by atoms with Gasteiger partial charge in [0, 0.05) is 24.5 Å². The van der Waals surface area contributed by atoms with Gasteiger partial charge in [-0.25, -0.2) is 0 Å². The maximum Gasteiger partial charge on any atom is 0.0513 e. The van der Waals surface area contributed by atoms with Gasteiger partial charge in [0.2, 0.25) is 0 Å². The molecule has 0 atom stereocenters. The van der Waals surface area contributed by atoms with Crippen LogP contribution >= 0.6 is 0 Å². The Bertz CT molecular complexity index is 226. The number of rotatable bonds is 8. The molecule has 100 valence electrons. The van der Waals surface area contributed by atoms with E-state index >= 15 is 0 Å². The van der Waals surface area contributed by atoms with E-state index in [1.165, 1.54) is 11.4 Å².